The molecule has 0 fully saturated rings. The number of nitrogens with one attached hydrogen (secondary N) is 1. The fraction of sp³-hybridized carbons (Fsp3) is 0.667. The fourth-order valence-corrected chi connectivity index (χ4v) is 2.73. The molecular formula is C18H30BrNO. The zero-order chi connectivity index (χ0) is 16.0. The van der Waals surface area contributed by atoms with E-state index in [1.165, 1.54) is 11.1 Å². The zero-order valence-electron chi connectivity index (χ0n) is 14.3. The minimum Gasteiger partial charge on any atom is -0.496 e. The number of aryl methyl sites for hydroxylation is 2. The summed E-state index contributed by atoms with van der Waals surface area (Å²) < 4.78 is 6.68. The van der Waals surface area contributed by atoms with Crippen LogP contribution in [0, 0.1) is 18.3 Å². The predicted molar refractivity (Wildman–Crippen MR) is 95.2 cm³/mol. The van der Waals surface area contributed by atoms with Gasteiger partial charge in [-0.3, -0.25) is 0 Å². The normalized spacial score (nSPS) is 12.0. The summed E-state index contributed by atoms with van der Waals surface area (Å²) in [5, 5.41) is 3.57. The number of benzene rings is 1. The van der Waals surface area contributed by atoms with Crippen LogP contribution in [0.1, 0.15) is 45.2 Å². The highest BCUT2D eigenvalue weighted by Gasteiger charge is 2.19. The number of rotatable bonds is 8. The van der Waals surface area contributed by atoms with E-state index in [-0.39, 0.29) is 5.41 Å². The highest BCUT2D eigenvalue weighted by molar-refractivity contribution is 9.10. The lowest BCUT2D eigenvalue weighted by atomic mass is 9.85. The number of hydrogen-bond acceptors (Lipinski definition) is 2. The van der Waals surface area contributed by atoms with Gasteiger partial charge in [0.1, 0.15) is 5.75 Å². The summed E-state index contributed by atoms with van der Waals surface area (Å²) in [6, 6.07) is 4.31. The smallest absolute Gasteiger partial charge is 0.122 e. The van der Waals surface area contributed by atoms with Crippen LogP contribution in [0.5, 0.6) is 5.75 Å². The van der Waals surface area contributed by atoms with Crippen molar-refractivity contribution < 1.29 is 4.74 Å². The molecule has 0 bridgehead atoms. The van der Waals surface area contributed by atoms with Crippen LogP contribution in [0.2, 0.25) is 0 Å². The van der Waals surface area contributed by atoms with Crippen molar-refractivity contribution >= 4 is 15.9 Å². The lowest BCUT2D eigenvalue weighted by Crippen LogP contribution is -2.32. The monoisotopic (exact) mass is 355 g/mol. The molecule has 0 aliphatic heterocycles. The van der Waals surface area contributed by atoms with Gasteiger partial charge in [-0.2, -0.15) is 0 Å². The minimum atomic E-state index is 0.289. The molecule has 2 nitrogen and oxygen atoms in total. The van der Waals surface area contributed by atoms with Crippen LogP contribution in [-0.4, -0.2) is 20.2 Å². The molecule has 1 aromatic rings. The molecule has 0 radical (unpaired) electrons. The molecular weight excluding hydrogens is 326 g/mol. The Morgan fingerprint density at radius 3 is 2.52 bits per heavy atom. The van der Waals surface area contributed by atoms with Crippen LogP contribution < -0.4 is 10.1 Å². The number of ether oxygens (including phenoxy) is 1. The van der Waals surface area contributed by atoms with E-state index in [0.29, 0.717) is 5.92 Å². The molecule has 0 spiro atoms. The van der Waals surface area contributed by atoms with Crippen molar-refractivity contribution in [2.75, 3.05) is 20.2 Å². The van der Waals surface area contributed by atoms with Gasteiger partial charge in [-0.15, -0.1) is 0 Å². The Bertz CT molecular complexity index is 455. The summed E-state index contributed by atoms with van der Waals surface area (Å²) in [5.74, 6) is 1.70. The number of halogens is 1. The van der Waals surface area contributed by atoms with Gasteiger partial charge < -0.3 is 10.1 Å². The Morgan fingerprint density at radius 2 is 1.95 bits per heavy atom. The number of methoxy groups -OCH3 is 1. The molecule has 0 amide bonds. The average molecular weight is 356 g/mol. The van der Waals surface area contributed by atoms with Gasteiger partial charge in [0, 0.05) is 11.0 Å². The minimum absolute atomic E-state index is 0.289. The summed E-state index contributed by atoms with van der Waals surface area (Å²) in [4.78, 5) is 0. The van der Waals surface area contributed by atoms with Gasteiger partial charge in [0.15, 0.2) is 0 Å². The van der Waals surface area contributed by atoms with E-state index in [1.807, 2.05) is 0 Å². The molecule has 0 heterocycles. The molecule has 0 saturated heterocycles. The fourth-order valence-electron chi connectivity index (χ4n) is 2.34. The topological polar surface area (TPSA) is 21.3 Å². The van der Waals surface area contributed by atoms with Crippen molar-refractivity contribution in [1.29, 1.82) is 0 Å². The van der Waals surface area contributed by atoms with Crippen molar-refractivity contribution in [3.8, 4) is 5.75 Å². The van der Waals surface area contributed by atoms with Crippen molar-refractivity contribution in [2.45, 2.75) is 47.5 Å². The van der Waals surface area contributed by atoms with Crippen LogP contribution in [-0.2, 0) is 6.42 Å². The highest BCUT2D eigenvalue weighted by Crippen LogP contribution is 2.30. The molecule has 1 aromatic carbocycles. The molecule has 120 valence electrons. The SMILES string of the molecule is COc1cc(C)c(Br)cc1CCC(C)(C)CNCC(C)C. The molecule has 1 rings (SSSR count). The average Bonchev–Trinajstić information content (AvgIpc) is 2.39. The van der Waals surface area contributed by atoms with Crippen molar-refractivity contribution in [3.05, 3.63) is 27.7 Å². The molecule has 0 atom stereocenters. The maximum Gasteiger partial charge on any atom is 0.122 e. The summed E-state index contributed by atoms with van der Waals surface area (Å²) >= 11 is 3.62. The van der Waals surface area contributed by atoms with Crippen LogP contribution in [0.15, 0.2) is 16.6 Å². The molecule has 0 aromatic heterocycles. The molecule has 0 aliphatic rings. The van der Waals surface area contributed by atoms with Crippen LogP contribution in [0.4, 0.5) is 0 Å². The highest BCUT2D eigenvalue weighted by atomic mass is 79.9. The first-order valence-corrected chi connectivity index (χ1v) is 8.58. The van der Waals surface area contributed by atoms with Crippen molar-refractivity contribution in [1.82, 2.24) is 5.32 Å². The van der Waals surface area contributed by atoms with E-state index >= 15 is 0 Å². The Labute approximate surface area is 138 Å². The third-order valence-electron chi connectivity index (χ3n) is 3.79. The summed E-state index contributed by atoms with van der Waals surface area (Å²) in [5.41, 5.74) is 2.79. The van der Waals surface area contributed by atoms with E-state index in [0.717, 1.165) is 36.2 Å². The Morgan fingerprint density at radius 1 is 1.29 bits per heavy atom. The largest absolute Gasteiger partial charge is 0.496 e. The molecule has 0 saturated carbocycles. The molecule has 1 N–H and O–H groups in total. The van der Waals surface area contributed by atoms with Gasteiger partial charge in [0.05, 0.1) is 7.11 Å². The number of hydrogen-bond donors (Lipinski definition) is 1. The van der Waals surface area contributed by atoms with Gasteiger partial charge in [-0.1, -0.05) is 43.6 Å². The lowest BCUT2D eigenvalue weighted by molar-refractivity contribution is 0.306. The second-order valence-electron chi connectivity index (χ2n) is 7.10. The summed E-state index contributed by atoms with van der Waals surface area (Å²) in [6.45, 7) is 13.4. The third-order valence-corrected chi connectivity index (χ3v) is 4.64. The van der Waals surface area contributed by atoms with E-state index in [4.69, 9.17) is 4.74 Å². The summed E-state index contributed by atoms with van der Waals surface area (Å²) in [7, 11) is 1.75. The summed E-state index contributed by atoms with van der Waals surface area (Å²) in [6.07, 6.45) is 2.18. The van der Waals surface area contributed by atoms with Gasteiger partial charge in [-0.25, -0.2) is 0 Å². The lowest BCUT2D eigenvalue weighted by Gasteiger charge is -2.26. The molecule has 3 heteroatoms. The van der Waals surface area contributed by atoms with Crippen LogP contribution in [0.25, 0.3) is 0 Å². The van der Waals surface area contributed by atoms with Gasteiger partial charge >= 0.3 is 0 Å². The molecule has 0 aliphatic carbocycles. The molecule has 0 unspecified atom stereocenters. The third kappa shape index (κ3) is 6.39. The zero-order valence-corrected chi connectivity index (χ0v) is 15.9. The van der Waals surface area contributed by atoms with Gasteiger partial charge in [0.2, 0.25) is 0 Å². The van der Waals surface area contributed by atoms with Crippen molar-refractivity contribution in [3.63, 3.8) is 0 Å². The van der Waals surface area contributed by atoms with Crippen LogP contribution >= 0.6 is 15.9 Å². The second-order valence-corrected chi connectivity index (χ2v) is 7.96. The maximum atomic E-state index is 5.52. The van der Waals surface area contributed by atoms with Crippen molar-refractivity contribution in [2.24, 2.45) is 11.3 Å². The first-order chi connectivity index (χ1) is 9.75. The van der Waals surface area contributed by atoms with E-state index in [2.05, 4.69) is 68.0 Å². The Balaban J connectivity index is 2.63. The first-order valence-electron chi connectivity index (χ1n) is 7.79. The first kappa shape index (κ1) is 18.5. The van der Waals surface area contributed by atoms with E-state index < -0.39 is 0 Å². The molecule has 21 heavy (non-hydrogen) atoms. The predicted octanol–water partition coefficient (Wildman–Crippen LogP) is 4.97. The Kier molecular flexibility index (Phi) is 7.22. The second kappa shape index (κ2) is 8.19. The Hall–Kier alpha value is -0.540. The van der Waals surface area contributed by atoms with Crippen LogP contribution in [0.3, 0.4) is 0 Å². The van der Waals surface area contributed by atoms with Gasteiger partial charge in [0.25, 0.3) is 0 Å². The quantitative estimate of drug-likeness (QED) is 0.710. The maximum absolute atomic E-state index is 5.52. The standard InChI is InChI=1S/C18H30BrNO/c1-13(2)11-20-12-18(4,5)8-7-15-10-16(19)14(3)9-17(15)21-6/h9-10,13,20H,7-8,11-12H2,1-6H3. The van der Waals surface area contributed by atoms with E-state index in [1.54, 1.807) is 7.11 Å². The van der Waals surface area contributed by atoms with E-state index in [9.17, 15) is 0 Å². The van der Waals surface area contributed by atoms with Gasteiger partial charge in [-0.05, 0) is 60.9 Å².